The van der Waals surface area contributed by atoms with Crippen molar-refractivity contribution in [2.24, 2.45) is 5.92 Å². The Bertz CT molecular complexity index is 643. The fourth-order valence-corrected chi connectivity index (χ4v) is 2.22. The Morgan fingerprint density at radius 3 is 2.52 bits per heavy atom. The Labute approximate surface area is 150 Å². The summed E-state index contributed by atoms with van der Waals surface area (Å²) in [5, 5.41) is 6.51. The van der Waals surface area contributed by atoms with E-state index < -0.39 is 0 Å². The second kappa shape index (κ2) is 9.71. The summed E-state index contributed by atoms with van der Waals surface area (Å²) in [5.74, 6) is 2.76. The fraction of sp³-hybridized carbons (Fsp3) is 0.474. The van der Waals surface area contributed by atoms with Crippen LogP contribution in [0, 0.1) is 5.92 Å². The zero-order valence-corrected chi connectivity index (χ0v) is 15.4. The molecule has 0 saturated carbocycles. The highest BCUT2D eigenvalue weighted by molar-refractivity contribution is 5.77. The number of ether oxygens (including phenoxy) is 1. The predicted molar refractivity (Wildman–Crippen MR) is 105 cm³/mol. The summed E-state index contributed by atoms with van der Waals surface area (Å²) in [4.78, 5) is 8.47. The lowest BCUT2D eigenvalue weighted by molar-refractivity contribution is 0.309. The van der Waals surface area contributed by atoms with Gasteiger partial charge in [-0.05, 0) is 43.0 Å². The SMILES string of the molecule is CCCCOc1ccc(Nc2ncnc(NCCC(C)C)c2N)cc1. The lowest BCUT2D eigenvalue weighted by Gasteiger charge is -2.13. The number of hydrogen-bond acceptors (Lipinski definition) is 6. The molecule has 0 fully saturated rings. The largest absolute Gasteiger partial charge is 0.494 e. The minimum atomic E-state index is 0.523. The maximum atomic E-state index is 6.18. The molecule has 136 valence electrons. The Hall–Kier alpha value is -2.50. The molecule has 0 radical (unpaired) electrons. The van der Waals surface area contributed by atoms with E-state index in [0.29, 0.717) is 23.2 Å². The summed E-state index contributed by atoms with van der Waals surface area (Å²) in [7, 11) is 0. The second-order valence-corrected chi connectivity index (χ2v) is 6.45. The Morgan fingerprint density at radius 2 is 1.84 bits per heavy atom. The van der Waals surface area contributed by atoms with Crippen LogP contribution in [-0.2, 0) is 0 Å². The van der Waals surface area contributed by atoms with Crippen molar-refractivity contribution in [1.29, 1.82) is 0 Å². The van der Waals surface area contributed by atoms with Crippen molar-refractivity contribution in [2.45, 2.75) is 40.0 Å². The van der Waals surface area contributed by atoms with Crippen molar-refractivity contribution < 1.29 is 4.74 Å². The highest BCUT2D eigenvalue weighted by atomic mass is 16.5. The van der Waals surface area contributed by atoms with Gasteiger partial charge in [-0.2, -0.15) is 0 Å². The minimum Gasteiger partial charge on any atom is -0.494 e. The highest BCUT2D eigenvalue weighted by Crippen LogP contribution is 2.26. The number of nitrogens with one attached hydrogen (secondary N) is 2. The molecule has 2 aromatic rings. The van der Waals surface area contributed by atoms with Crippen LogP contribution in [0.3, 0.4) is 0 Å². The van der Waals surface area contributed by atoms with Crippen LogP contribution in [0.5, 0.6) is 5.75 Å². The number of unbranched alkanes of at least 4 members (excludes halogenated alkanes) is 1. The van der Waals surface area contributed by atoms with Gasteiger partial charge >= 0.3 is 0 Å². The molecule has 0 atom stereocenters. The van der Waals surface area contributed by atoms with Gasteiger partial charge in [0.2, 0.25) is 0 Å². The van der Waals surface area contributed by atoms with Crippen LogP contribution in [0.15, 0.2) is 30.6 Å². The quantitative estimate of drug-likeness (QED) is 0.553. The molecule has 0 saturated heterocycles. The molecule has 4 N–H and O–H groups in total. The van der Waals surface area contributed by atoms with Gasteiger partial charge in [-0.25, -0.2) is 9.97 Å². The van der Waals surface area contributed by atoms with Crippen molar-refractivity contribution in [3.8, 4) is 5.75 Å². The molecule has 1 heterocycles. The number of nitrogens with zero attached hydrogens (tertiary/aromatic N) is 2. The lowest BCUT2D eigenvalue weighted by Crippen LogP contribution is -2.10. The molecular weight excluding hydrogens is 314 g/mol. The van der Waals surface area contributed by atoms with Crippen molar-refractivity contribution in [1.82, 2.24) is 9.97 Å². The van der Waals surface area contributed by atoms with Crippen molar-refractivity contribution in [3.05, 3.63) is 30.6 Å². The van der Waals surface area contributed by atoms with Gasteiger partial charge in [-0.1, -0.05) is 27.2 Å². The topological polar surface area (TPSA) is 85.1 Å². The number of benzene rings is 1. The standard InChI is InChI=1S/C19H29N5O/c1-4-5-12-25-16-8-6-15(7-9-16)24-19-17(20)18(22-13-23-19)21-11-10-14(2)3/h6-9,13-14H,4-5,10-12,20H2,1-3H3,(H2,21,22,23,24). The van der Waals surface area contributed by atoms with Crippen LogP contribution < -0.4 is 21.1 Å². The van der Waals surface area contributed by atoms with Gasteiger partial charge < -0.3 is 21.1 Å². The number of rotatable bonds is 10. The molecule has 25 heavy (non-hydrogen) atoms. The van der Waals surface area contributed by atoms with Crippen LogP contribution in [0.2, 0.25) is 0 Å². The summed E-state index contributed by atoms with van der Waals surface area (Å²) in [6.07, 6.45) is 4.76. The monoisotopic (exact) mass is 343 g/mol. The number of aromatic nitrogens is 2. The first kappa shape index (κ1) is 18.8. The summed E-state index contributed by atoms with van der Waals surface area (Å²) < 4.78 is 5.67. The third kappa shape index (κ3) is 6.14. The molecule has 0 aliphatic heterocycles. The average molecular weight is 343 g/mol. The van der Waals surface area contributed by atoms with Gasteiger partial charge in [0, 0.05) is 12.2 Å². The molecule has 6 heteroatoms. The van der Waals surface area contributed by atoms with Crippen LogP contribution in [0.25, 0.3) is 0 Å². The zero-order chi connectivity index (χ0) is 18.1. The number of anilines is 4. The van der Waals surface area contributed by atoms with Gasteiger partial charge in [0.1, 0.15) is 17.8 Å². The lowest BCUT2D eigenvalue weighted by atomic mass is 10.1. The van der Waals surface area contributed by atoms with E-state index in [1.807, 2.05) is 24.3 Å². The summed E-state index contributed by atoms with van der Waals surface area (Å²) in [6, 6.07) is 7.79. The van der Waals surface area contributed by atoms with Gasteiger partial charge in [0.05, 0.1) is 6.61 Å². The van der Waals surface area contributed by atoms with E-state index in [-0.39, 0.29) is 0 Å². The maximum Gasteiger partial charge on any atom is 0.159 e. The molecule has 0 aliphatic carbocycles. The van der Waals surface area contributed by atoms with E-state index in [1.165, 1.54) is 6.33 Å². The average Bonchev–Trinajstić information content (AvgIpc) is 2.59. The van der Waals surface area contributed by atoms with Crippen LogP contribution in [0.4, 0.5) is 23.0 Å². The molecule has 0 spiro atoms. The smallest absolute Gasteiger partial charge is 0.159 e. The molecule has 0 amide bonds. The van der Waals surface area contributed by atoms with Crippen LogP contribution >= 0.6 is 0 Å². The van der Waals surface area contributed by atoms with E-state index in [0.717, 1.165) is 43.9 Å². The summed E-state index contributed by atoms with van der Waals surface area (Å²) >= 11 is 0. The first-order valence-corrected chi connectivity index (χ1v) is 8.94. The fourth-order valence-electron chi connectivity index (χ4n) is 2.22. The Morgan fingerprint density at radius 1 is 1.12 bits per heavy atom. The van der Waals surface area contributed by atoms with Crippen molar-refractivity contribution in [3.63, 3.8) is 0 Å². The van der Waals surface area contributed by atoms with Gasteiger partial charge in [-0.3, -0.25) is 0 Å². The molecule has 0 unspecified atom stereocenters. The third-order valence-electron chi connectivity index (χ3n) is 3.78. The van der Waals surface area contributed by atoms with Crippen LogP contribution in [0.1, 0.15) is 40.0 Å². The van der Waals surface area contributed by atoms with E-state index in [4.69, 9.17) is 10.5 Å². The number of nitrogens with two attached hydrogens (primary N) is 1. The third-order valence-corrected chi connectivity index (χ3v) is 3.78. The Balaban J connectivity index is 1.97. The first-order chi connectivity index (χ1) is 12.1. The van der Waals surface area contributed by atoms with E-state index in [9.17, 15) is 0 Å². The summed E-state index contributed by atoms with van der Waals surface area (Å²) in [5.41, 5.74) is 7.61. The molecule has 0 bridgehead atoms. The van der Waals surface area contributed by atoms with Crippen molar-refractivity contribution >= 4 is 23.0 Å². The molecule has 1 aromatic heterocycles. The first-order valence-electron chi connectivity index (χ1n) is 8.94. The molecule has 1 aromatic carbocycles. The minimum absolute atomic E-state index is 0.523. The highest BCUT2D eigenvalue weighted by Gasteiger charge is 2.08. The van der Waals surface area contributed by atoms with Gasteiger partial charge in [0.15, 0.2) is 11.6 Å². The van der Waals surface area contributed by atoms with Gasteiger partial charge in [0.25, 0.3) is 0 Å². The molecular formula is C19H29N5O. The summed E-state index contributed by atoms with van der Waals surface area (Å²) in [6.45, 7) is 8.10. The normalized spacial score (nSPS) is 10.7. The second-order valence-electron chi connectivity index (χ2n) is 6.45. The molecule has 6 nitrogen and oxygen atoms in total. The van der Waals surface area contributed by atoms with Gasteiger partial charge in [-0.15, -0.1) is 0 Å². The number of nitrogen functional groups attached to an aromatic ring is 1. The number of hydrogen-bond donors (Lipinski definition) is 3. The molecule has 0 aliphatic rings. The van der Waals surface area contributed by atoms with E-state index in [1.54, 1.807) is 0 Å². The molecule has 2 rings (SSSR count). The van der Waals surface area contributed by atoms with Crippen molar-refractivity contribution in [2.75, 3.05) is 29.5 Å². The predicted octanol–water partition coefficient (Wildman–Crippen LogP) is 4.44. The van der Waals surface area contributed by atoms with Crippen LogP contribution in [-0.4, -0.2) is 23.1 Å². The van der Waals surface area contributed by atoms with E-state index in [2.05, 4.69) is 41.4 Å². The Kier molecular flexibility index (Phi) is 7.32. The maximum absolute atomic E-state index is 6.18. The van der Waals surface area contributed by atoms with E-state index >= 15 is 0 Å². The zero-order valence-electron chi connectivity index (χ0n) is 15.4.